The summed E-state index contributed by atoms with van der Waals surface area (Å²) in [7, 11) is 0. The zero-order valence-electron chi connectivity index (χ0n) is 10.7. The highest BCUT2D eigenvalue weighted by atomic mass is 16.6. The largest absolute Gasteiger partial charge is 0.478 e. The minimum Gasteiger partial charge on any atom is -0.478 e. The first-order valence-electron chi connectivity index (χ1n) is 6.06. The maximum absolute atomic E-state index is 10.9. The van der Waals surface area contributed by atoms with Gasteiger partial charge in [0, 0.05) is 6.07 Å². The zero-order chi connectivity index (χ0) is 14.3. The fourth-order valence-electron chi connectivity index (χ4n) is 1.53. The third-order valence-electron chi connectivity index (χ3n) is 2.53. The third-order valence-corrected chi connectivity index (χ3v) is 2.53. The van der Waals surface area contributed by atoms with Gasteiger partial charge in [0.2, 0.25) is 5.88 Å². The van der Waals surface area contributed by atoms with E-state index in [4.69, 9.17) is 9.84 Å². The standard InChI is InChI=1S/C12H16N2O5/c1-2-3-4-5-6-19-11-7-9(12(15)16)10(8-13-11)14(17)18/h7-8H,2-6H2,1H3,(H,15,16). The van der Waals surface area contributed by atoms with Crippen molar-refractivity contribution in [3.8, 4) is 5.88 Å². The van der Waals surface area contributed by atoms with Gasteiger partial charge in [-0.25, -0.2) is 9.78 Å². The van der Waals surface area contributed by atoms with Gasteiger partial charge in [-0.1, -0.05) is 26.2 Å². The predicted octanol–water partition coefficient (Wildman–Crippen LogP) is 2.65. The number of carboxylic acids is 1. The average molecular weight is 268 g/mol. The van der Waals surface area contributed by atoms with Crippen LogP contribution in [0.25, 0.3) is 0 Å². The summed E-state index contributed by atoms with van der Waals surface area (Å²) in [6.45, 7) is 2.52. The summed E-state index contributed by atoms with van der Waals surface area (Å²) in [5.74, 6) is -1.27. The number of aromatic nitrogens is 1. The van der Waals surface area contributed by atoms with Crippen molar-refractivity contribution in [2.75, 3.05) is 6.61 Å². The molecule has 1 aromatic heterocycles. The van der Waals surface area contributed by atoms with E-state index in [-0.39, 0.29) is 5.88 Å². The second-order valence-electron chi connectivity index (χ2n) is 4.01. The first-order chi connectivity index (χ1) is 9.06. The van der Waals surface area contributed by atoms with E-state index in [2.05, 4.69) is 11.9 Å². The topological polar surface area (TPSA) is 103 Å². The number of nitro groups is 1. The molecule has 7 heteroatoms. The Morgan fingerprint density at radius 1 is 1.47 bits per heavy atom. The summed E-state index contributed by atoms with van der Waals surface area (Å²) in [6.07, 6.45) is 4.99. The molecule has 0 spiro atoms. The van der Waals surface area contributed by atoms with Gasteiger partial charge in [-0.2, -0.15) is 0 Å². The van der Waals surface area contributed by atoms with E-state index in [0.29, 0.717) is 6.61 Å². The number of aromatic carboxylic acids is 1. The molecule has 0 aliphatic rings. The number of nitrogens with zero attached hydrogens (tertiary/aromatic N) is 2. The molecule has 1 heterocycles. The molecule has 1 rings (SSSR count). The van der Waals surface area contributed by atoms with E-state index >= 15 is 0 Å². The lowest BCUT2D eigenvalue weighted by atomic mass is 10.2. The molecule has 0 aromatic carbocycles. The van der Waals surface area contributed by atoms with Gasteiger partial charge in [0.15, 0.2) is 0 Å². The number of rotatable bonds is 8. The summed E-state index contributed by atoms with van der Waals surface area (Å²) in [5.41, 5.74) is -0.950. The predicted molar refractivity (Wildman–Crippen MR) is 67.5 cm³/mol. The number of carboxylic acid groups (broad SMARTS) is 1. The van der Waals surface area contributed by atoms with Crippen LogP contribution in [0.2, 0.25) is 0 Å². The molecule has 7 nitrogen and oxygen atoms in total. The minimum atomic E-state index is -1.37. The Kier molecular flexibility index (Phi) is 5.72. The molecule has 0 atom stereocenters. The number of ether oxygens (including phenoxy) is 1. The van der Waals surface area contributed by atoms with Crippen LogP contribution in [-0.4, -0.2) is 27.6 Å². The SMILES string of the molecule is CCCCCCOc1cc(C(=O)O)c([N+](=O)[O-])cn1. The Balaban J connectivity index is 2.68. The molecule has 0 unspecified atom stereocenters. The van der Waals surface area contributed by atoms with Gasteiger partial charge in [-0.3, -0.25) is 10.1 Å². The third kappa shape index (κ3) is 4.53. The quantitative estimate of drug-likeness (QED) is 0.441. The number of carbonyl (C=O) groups is 1. The second-order valence-corrected chi connectivity index (χ2v) is 4.01. The van der Waals surface area contributed by atoms with Crippen LogP contribution in [0.5, 0.6) is 5.88 Å². The Bertz CT molecular complexity index is 461. The summed E-state index contributed by atoms with van der Waals surface area (Å²) in [5, 5.41) is 19.5. The van der Waals surface area contributed by atoms with Gasteiger partial charge in [0.25, 0.3) is 0 Å². The lowest BCUT2D eigenvalue weighted by Crippen LogP contribution is -2.06. The Hall–Kier alpha value is -2.18. The highest BCUT2D eigenvalue weighted by molar-refractivity contribution is 5.92. The van der Waals surface area contributed by atoms with Crippen molar-refractivity contribution in [3.63, 3.8) is 0 Å². The monoisotopic (exact) mass is 268 g/mol. The molecule has 0 amide bonds. The molecule has 104 valence electrons. The van der Waals surface area contributed by atoms with Crippen LogP contribution in [-0.2, 0) is 0 Å². The van der Waals surface area contributed by atoms with Crippen molar-refractivity contribution < 1.29 is 19.6 Å². The molecule has 0 saturated heterocycles. The number of hydrogen-bond acceptors (Lipinski definition) is 5. The summed E-state index contributed by atoms with van der Waals surface area (Å²) < 4.78 is 5.28. The Morgan fingerprint density at radius 2 is 2.21 bits per heavy atom. The summed E-state index contributed by atoms with van der Waals surface area (Å²) in [4.78, 5) is 24.5. The Morgan fingerprint density at radius 3 is 2.79 bits per heavy atom. The lowest BCUT2D eigenvalue weighted by Gasteiger charge is -2.05. The van der Waals surface area contributed by atoms with Crippen molar-refractivity contribution in [2.24, 2.45) is 0 Å². The van der Waals surface area contributed by atoms with E-state index in [1.807, 2.05) is 0 Å². The lowest BCUT2D eigenvalue weighted by molar-refractivity contribution is -0.385. The van der Waals surface area contributed by atoms with E-state index in [1.165, 1.54) is 0 Å². The van der Waals surface area contributed by atoms with Crippen LogP contribution < -0.4 is 4.74 Å². The highest BCUT2D eigenvalue weighted by Gasteiger charge is 2.21. The second kappa shape index (κ2) is 7.30. The van der Waals surface area contributed by atoms with Gasteiger partial charge in [0.1, 0.15) is 11.8 Å². The van der Waals surface area contributed by atoms with Crippen LogP contribution in [0.4, 0.5) is 5.69 Å². The van der Waals surface area contributed by atoms with Crippen LogP contribution in [0.1, 0.15) is 43.0 Å². The molecule has 0 aliphatic carbocycles. The molecule has 0 bridgehead atoms. The first-order valence-corrected chi connectivity index (χ1v) is 6.06. The van der Waals surface area contributed by atoms with Crippen molar-refractivity contribution in [1.82, 2.24) is 4.98 Å². The van der Waals surface area contributed by atoms with Crippen LogP contribution in [0.15, 0.2) is 12.3 Å². The molecule has 0 radical (unpaired) electrons. The van der Waals surface area contributed by atoms with Crippen molar-refractivity contribution in [3.05, 3.63) is 27.9 Å². The van der Waals surface area contributed by atoms with Gasteiger partial charge in [0.05, 0.1) is 11.5 Å². The van der Waals surface area contributed by atoms with E-state index < -0.39 is 22.1 Å². The van der Waals surface area contributed by atoms with E-state index in [1.54, 1.807) is 0 Å². The molecular weight excluding hydrogens is 252 g/mol. The highest BCUT2D eigenvalue weighted by Crippen LogP contribution is 2.21. The first kappa shape index (κ1) is 14.9. The van der Waals surface area contributed by atoms with Gasteiger partial charge < -0.3 is 9.84 Å². The molecule has 0 aliphatic heterocycles. The normalized spacial score (nSPS) is 10.2. The van der Waals surface area contributed by atoms with E-state index in [9.17, 15) is 14.9 Å². The molecule has 0 fully saturated rings. The molecule has 0 saturated carbocycles. The maximum Gasteiger partial charge on any atom is 0.342 e. The van der Waals surface area contributed by atoms with Crippen LogP contribution in [0, 0.1) is 10.1 Å². The van der Waals surface area contributed by atoms with Crippen LogP contribution in [0.3, 0.4) is 0 Å². The van der Waals surface area contributed by atoms with Crippen molar-refractivity contribution in [2.45, 2.75) is 32.6 Å². The fraction of sp³-hybridized carbons (Fsp3) is 0.500. The van der Waals surface area contributed by atoms with Crippen molar-refractivity contribution in [1.29, 1.82) is 0 Å². The maximum atomic E-state index is 10.9. The number of pyridine rings is 1. The minimum absolute atomic E-state index is 0.0968. The number of hydrogen-bond donors (Lipinski definition) is 1. The van der Waals surface area contributed by atoms with Gasteiger partial charge in [-0.05, 0) is 6.42 Å². The zero-order valence-corrected chi connectivity index (χ0v) is 10.7. The summed E-state index contributed by atoms with van der Waals surface area (Å²) in [6, 6.07) is 1.08. The summed E-state index contributed by atoms with van der Waals surface area (Å²) >= 11 is 0. The molecule has 19 heavy (non-hydrogen) atoms. The molecule has 1 N–H and O–H groups in total. The average Bonchev–Trinajstić information content (AvgIpc) is 2.38. The molecular formula is C12H16N2O5. The smallest absolute Gasteiger partial charge is 0.342 e. The van der Waals surface area contributed by atoms with Gasteiger partial charge in [-0.15, -0.1) is 0 Å². The molecule has 1 aromatic rings. The van der Waals surface area contributed by atoms with E-state index in [0.717, 1.165) is 37.9 Å². The Labute approximate surface area is 110 Å². The number of unbranched alkanes of at least 4 members (excludes halogenated alkanes) is 3. The van der Waals surface area contributed by atoms with Gasteiger partial charge >= 0.3 is 11.7 Å². The fourth-order valence-corrected chi connectivity index (χ4v) is 1.53. The van der Waals surface area contributed by atoms with Crippen LogP contribution >= 0.6 is 0 Å². The van der Waals surface area contributed by atoms with Crippen molar-refractivity contribution >= 4 is 11.7 Å².